The number of methoxy groups -OCH3 is 1. The highest BCUT2D eigenvalue weighted by Crippen LogP contribution is 2.62. The maximum atomic E-state index is 12.5. The van der Waals surface area contributed by atoms with E-state index in [0.717, 1.165) is 32.1 Å². The van der Waals surface area contributed by atoms with Gasteiger partial charge in [0.15, 0.2) is 6.61 Å². The lowest BCUT2D eigenvalue weighted by Crippen LogP contribution is -2.56. The molecule has 162 valence electrons. The second-order valence-electron chi connectivity index (χ2n) is 9.21. The number of esters is 1. The SMILES string of the molecule is COc1ccc([N+](=O)[O-])cc1NC(=O)COC(=O)CC12C[C@@H]3C[C@@H](CC(O)(C3)C1)C2. The van der Waals surface area contributed by atoms with Crippen molar-refractivity contribution in [3.05, 3.63) is 28.3 Å². The third kappa shape index (κ3) is 4.12. The van der Waals surface area contributed by atoms with E-state index in [1.165, 1.54) is 25.3 Å². The quantitative estimate of drug-likeness (QED) is 0.396. The number of hydrogen-bond donors (Lipinski definition) is 2. The molecule has 0 heterocycles. The fraction of sp³-hybridized carbons (Fsp3) is 0.619. The van der Waals surface area contributed by atoms with Gasteiger partial charge in [0.05, 0.1) is 29.7 Å². The van der Waals surface area contributed by atoms with Gasteiger partial charge >= 0.3 is 5.97 Å². The van der Waals surface area contributed by atoms with Gasteiger partial charge in [0, 0.05) is 12.1 Å². The van der Waals surface area contributed by atoms with Gasteiger partial charge in [-0.1, -0.05) is 0 Å². The molecule has 4 aliphatic rings. The number of benzene rings is 1. The second kappa shape index (κ2) is 7.54. The van der Waals surface area contributed by atoms with Crippen LogP contribution in [0.3, 0.4) is 0 Å². The van der Waals surface area contributed by atoms with Crippen molar-refractivity contribution in [3.8, 4) is 5.75 Å². The lowest BCUT2D eigenvalue weighted by atomic mass is 9.47. The third-order valence-electron chi connectivity index (χ3n) is 6.70. The molecule has 4 fully saturated rings. The summed E-state index contributed by atoms with van der Waals surface area (Å²) in [6, 6.07) is 3.85. The minimum absolute atomic E-state index is 0.135. The predicted molar refractivity (Wildman–Crippen MR) is 106 cm³/mol. The first-order valence-electron chi connectivity index (χ1n) is 10.2. The van der Waals surface area contributed by atoms with Crippen LogP contribution in [0.4, 0.5) is 11.4 Å². The number of aliphatic hydroxyl groups is 1. The summed E-state index contributed by atoms with van der Waals surface area (Å²) in [5, 5.41) is 24.2. The van der Waals surface area contributed by atoms with E-state index in [2.05, 4.69) is 5.32 Å². The van der Waals surface area contributed by atoms with Crippen molar-refractivity contribution in [3.63, 3.8) is 0 Å². The van der Waals surface area contributed by atoms with Crippen molar-refractivity contribution < 1.29 is 29.1 Å². The molecule has 0 aliphatic heterocycles. The van der Waals surface area contributed by atoms with Crippen molar-refractivity contribution in [1.82, 2.24) is 0 Å². The molecule has 0 aromatic heterocycles. The number of anilines is 1. The van der Waals surface area contributed by atoms with Crippen LogP contribution in [0.15, 0.2) is 18.2 Å². The molecule has 1 aromatic carbocycles. The van der Waals surface area contributed by atoms with Crippen molar-refractivity contribution >= 4 is 23.3 Å². The number of hydrogen-bond acceptors (Lipinski definition) is 7. The van der Waals surface area contributed by atoms with Gasteiger partial charge in [0.2, 0.25) is 0 Å². The van der Waals surface area contributed by atoms with Crippen molar-refractivity contribution in [2.24, 2.45) is 17.3 Å². The van der Waals surface area contributed by atoms with E-state index in [1.54, 1.807) is 0 Å². The lowest BCUT2D eigenvalue weighted by molar-refractivity contribution is -0.384. The molecule has 1 amide bonds. The minimum Gasteiger partial charge on any atom is -0.495 e. The maximum absolute atomic E-state index is 12.5. The Kier molecular flexibility index (Phi) is 5.17. The molecule has 1 aromatic rings. The smallest absolute Gasteiger partial charge is 0.306 e. The molecule has 9 nitrogen and oxygen atoms in total. The molecule has 2 N–H and O–H groups in total. The Balaban J connectivity index is 1.33. The number of non-ortho nitro benzene ring substituents is 1. The number of rotatable bonds is 7. The number of carbonyl (C=O) groups excluding carboxylic acids is 2. The summed E-state index contributed by atoms with van der Waals surface area (Å²) < 4.78 is 10.3. The Bertz CT molecular complexity index is 870. The molecule has 0 saturated heterocycles. The zero-order valence-corrected chi connectivity index (χ0v) is 16.9. The molecule has 0 spiro atoms. The number of carbonyl (C=O) groups is 2. The average molecular weight is 418 g/mol. The van der Waals surface area contributed by atoms with Crippen molar-refractivity contribution in [1.29, 1.82) is 0 Å². The van der Waals surface area contributed by atoms with Gasteiger partial charge in [-0.3, -0.25) is 19.7 Å². The topological polar surface area (TPSA) is 128 Å². The lowest BCUT2D eigenvalue weighted by Gasteiger charge is -2.60. The highest BCUT2D eigenvalue weighted by Gasteiger charge is 2.57. The Morgan fingerprint density at radius 3 is 2.57 bits per heavy atom. The van der Waals surface area contributed by atoms with Gasteiger partial charge in [-0.15, -0.1) is 0 Å². The van der Waals surface area contributed by atoms with Crippen LogP contribution in [0.5, 0.6) is 5.75 Å². The van der Waals surface area contributed by atoms with Gasteiger partial charge in [0.25, 0.3) is 11.6 Å². The molecule has 9 heteroatoms. The highest BCUT2D eigenvalue weighted by atomic mass is 16.6. The van der Waals surface area contributed by atoms with E-state index in [1.807, 2.05) is 0 Å². The van der Waals surface area contributed by atoms with Crippen LogP contribution in [0.25, 0.3) is 0 Å². The van der Waals surface area contributed by atoms with E-state index in [-0.39, 0.29) is 29.0 Å². The van der Waals surface area contributed by atoms with Gasteiger partial charge in [0.1, 0.15) is 5.75 Å². The minimum atomic E-state index is -0.652. The van der Waals surface area contributed by atoms with Crippen LogP contribution in [-0.2, 0) is 14.3 Å². The van der Waals surface area contributed by atoms with Crippen molar-refractivity contribution in [2.75, 3.05) is 19.0 Å². The Hall–Kier alpha value is -2.68. The molecule has 30 heavy (non-hydrogen) atoms. The fourth-order valence-electron chi connectivity index (χ4n) is 6.21. The van der Waals surface area contributed by atoms with Gasteiger partial charge < -0.3 is 19.9 Å². The Morgan fingerprint density at radius 2 is 1.97 bits per heavy atom. The summed E-state index contributed by atoms with van der Waals surface area (Å²) in [6.07, 6.45) is 5.47. The summed E-state index contributed by atoms with van der Waals surface area (Å²) >= 11 is 0. The fourth-order valence-corrected chi connectivity index (χ4v) is 6.21. The zero-order valence-electron chi connectivity index (χ0n) is 16.9. The highest BCUT2D eigenvalue weighted by molar-refractivity contribution is 5.94. The maximum Gasteiger partial charge on any atom is 0.306 e. The molecular formula is C21H26N2O7. The number of amides is 1. The molecular weight excluding hydrogens is 392 g/mol. The first-order chi connectivity index (χ1) is 14.2. The molecule has 5 rings (SSSR count). The van der Waals surface area contributed by atoms with E-state index in [4.69, 9.17) is 9.47 Å². The van der Waals surface area contributed by atoms with Crippen LogP contribution < -0.4 is 10.1 Å². The van der Waals surface area contributed by atoms with Crippen LogP contribution in [-0.4, -0.2) is 41.2 Å². The zero-order chi connectivity index (χ0) is 21.5. The molecule has 4 saturated carbocycles. The molecule has 4 aliphatic carbocycles. The number of nitro benzene ring substituents is 1. The summed E-state index contributed by atoms with van der Waals surface area (Å²) in [5.74, 6) is 0.137. The Labute approximate surface area is 173 Å². The number of ether oxygens (including phenoxy) is 2. The standard InChI is InChI=1S/C21H26N2O7/c1-29-17-3-2-15(23(27)28)5-16(17)22-18(24)11-30-19(25)10-20-6-13-4-14(7-20)9-21(26,8-13)12-20/h2-3,5,13-14,26H,4,6-12H2,1H3,(H,22,24)/t13-,14+,20?,21?. The molecule has 2 unspecified atom stereocenters. The summed E-state index contributed by atoms with van der Waals surface area (Å²) in [4.78, 5) is 35.1. The monoisotopic (exact) mass is 418 g/mol. The normalized spacial score (nSPS) is 31.3. The first-order valence-corrected chi connectivity index (χ1v) is 10.2. The van der Waals surface area contributed by atoms with E-state index in [0.29, 0.717) is 18.3 Å². The number of nitrogens with one attached hydrogen (secondary N) is 1. The van der Waals surface area contributed by atoms with Crippen LogP contribution in [0.2, 0.25) is 0 Å². The largest absolute Gasteiger partial charge is 0.495 e. The summed E-state index contributed by atoms with van der Waals surface area (Å²) in [7, 11) is 1.39. The second-order valence-corrected chi connectivity index (χ2v) is 9.21. The first kappa shape index (κ1) is 20.6. The third-order valence-corrected chi connectivity index (χ3v) is 6.70. The van der Waals surface area contributed by atoms with Crippen LogP contribution in [0, 0.1) is 27.4 Å². The van der Waals surface area contributed by atoms with Crippen LogP contribution in [0.1, 0.15) is 44.9 Å². The van der Waals surface area contributed by atoms with Gasteiger partial charge in [-0.2, -0.15) is 0 Å². The molecule has 4 bridgehead atoms. The van der Waals surface area contributed by atoms with Crippen molar-refractivity contribution in [2.45, 2.75) is 50.5 Å². The number of nitrogens with zero attached hydrogens (tertiary/aromatic N) is 1. The molecule has 4 atom stereocenters. The van der Waals surface area contributed by atoms with Gasteiger partial charge in [-0.25, -0.2) is 0 Å². The summed E-state index contributed by atoms with van der Waals surface area (Å²) in [6.45, 7) is -0.488. The predicted octanol–water partition coefficient (Wildman–Crippen LogP) is 2.81. The average Bonchev–Trinajstić information content (AvgIpc) is 2.64. The summed E-state index contributed by atoms with van der Waals surface area (Å²) in [5.41, 5.74) is -0.936. The number of nitro groups is 1. The van der Waals surface area contributed by atoms with E-state index < -0.39 is 29.0 Å². The van der Waals surface area contributed by atoms with Crippen LogP contribution >= 0.6 is 0 Å². The Morgan fingerprint density at radius 1 is 1.27 bits per heavy atom. The molecule has 0 radical (unpaired) electrons. The van der Waals surface area contributed by atoms with E-state index in [9.17, 15) is 24.8 Å². The van der Waals surface area contributed by atoms with Gasteiger partial charge in [-0.05, 0) is 61.8 Å². The van der Waals surface area contributed by atoms with E-state index >= 15 is 0 Å².